The number of carbonyl (C=O) groups excluding carboxylic acids is 2. The molecule has 26 heavy (non-hydrogen) atoms. The van der Waals surface area contributed by atoms with Crippen LogP contribution in [0.1, 0.15) is 30.6 Å². The van der Waals surface area contributed by atoms with Crippen LogP contribution in [0.15, 0.2) is 36.4 Å². The lowest BCUT2D eigenvalue weighted by Crippen LogP contribution is -2.36. The Kier molecular flexibility index (Phi) is 5.11. The van der Waals surface area contributed by atoms with Gasteiger partial charge in [-0.2, -0.15) is 0 Å². The van der Waals surface area contributed by atoms with Crippen molar-refractivity contribution < 1.29 is 24.2 Å². The number of aliphatic carboxylic acids is 1. The average molecular weight is 357 g/mol. The third-order valence-corrected chi connectivity index (χ3v) is 4.98. The zero-order chi connectivity index (χ0) is 18.8. The first-order valence-electron chi connectivity index (χ1n) is 8.86. The number of nitrogens with one attached hydrogen (secondary N) is 1. The molecule has 1 fully saturated rings. The number of hydrogen-bond acceptors (Lipinski definition) is 4. The second-order valence-corrected chi connectivity index (χ2v) is 7.40. The van der Waals surface area contributed by atoms with Crippen LogP contribution in [0.3, 0.4) is 0 Å². The van der Waals surface area contributed by atoms with Crippen molar-refractivity contribution in [2.24, 2.45) is 29.6 Å². The molecule has 2 aliphatic rings. The van der Waals surface area contributed by atoms with Gasteiger partial charge in [0.05, 0.1) is 24.0 Å². The lowest BCUT2D eigenvalue weighted by molar-refractivity contribution is -0.146. The molecule has 138 valence electrons. The van der Waals surface area contributed by atoms with E-state index in [2.05, 4.69) is 5.32 Å². The Morgan fingerprint density at radius 2 is 1.73 bits per heavy atom. The summed E-state index contributed by atoms with van der Waals surface area (Å²) in [5, 5.41) is 12.2. The van der Waals surface area contributed by atoms with Crippen molar-refractivity contribution in [2.45, 2.75) is 20.3 Å². The van der Waals surface area contributed by atoms with Gasteiger partial charge in [0, 0.05) is 5.69 Å². The van der Waals surface area contributed by atoms with E-state index >= 15 is 0 Å². The number of fused-ring (bicyclic) bond motifs is 2. The van der Waals surface area contributed by atoms with Crippen LogP contribution in [0, 0.1) is 29.6 Å². The molecule has 2 aliphatic carbocycles. The summed E-state index contributed by atoms with van der Waals surface area (Å²) in [6.45, 7) is 4.27. The van der Waals surface area contributed by atoms with E-state index in [4.69, 9.17) is 4.74 Å². The van der Waals surface area contributed by atoms with Crippen molar-refractivity contribution in [3.05, 3.63) is 42.0 Å². The lowest BCUT2D eigenvalue weighted by atomic mass is 9.82. The van der Waals surface area contributed by atoms with Crippen LogP contribution in [0.5, 0.6) is 0 Å². The Labute approximate surface area is 152 Å². The van der Waals surface area contributed by atoms with Crippen LogP contribution in [0.2, 0.25) is 0 Å². The third kappa shape index (κ3) is 3.64. The fraction of sp³-hybridized carbons (Fsp3) is 0.450. The van der Waals surface area contributed by atoms with E-state index in [-0.39, 0.29) is 23.7 Å². The zero-order valence-corrected chi connectivity index (χ0v) is 14.8. The van der Waals surface area contributed by atoms with Crippen molar-refractivity contribution in [3.8, 4) is 0 Å². The minimum atomic E-state index is -0.926. The van der Waals surface area contributed by atoms with E-state index in [9.17, 15) is 19.5 Å². The number of esters is 1. The Morgan fingerprint density at radius 3 is 2.31 bits per heavy atom. The highest BCUT2D eigenvalue weighted by molar-refractivity contribution is 5.97. The monoisotopic (exact) mass is 357 g/mol. The van der Waals surface area contributed by atoms with Crippen molar-refractivity contribution in [1.82, 2.24) is 0 Å². The first-order chi connectivity index (χ1) is 12.4. The second-order valence-electron chi connectivity index (χ2n) is 7.40. The summed E-state index contributed by atoms with van der Waals surface area (Å²) in [5.74, 6) is -2.67. The summed E-state index contributed by atoms with van der Waals surface area (Å²) in [4.78, 5) is 36.1. The molecule has 6 nitrogen and oxygen atoms in total. The van der Waals surface area contributed by atoms with Crippen LogP contribution in [-0.2, 0) is 14.3 Å². The normalized spacial score (nSPS) is 26.1. The number of anilines is 1. The van der Waals surface area contributed by atoms with Gasteiger partial charge in [-0.25, -0.2) is 4.79 Å². The molecule has 1 aromatic rings. The number of carboxylic acids is 1. The van der Waals surface area contributed by atoms with E-state index in [1.165, 1.54) is 0 Å². The number of benzene rings is 1. The molecular weight excluding hydrogens is 334 g/mol. The molecule has 0 aromatic heterocycles. The summed E-state index contributed by atoms with van der Waals surface area (Å²) in [6.07, 6.45) is 4.57. The second kappa shape index (κ2) is 7.32. The maximum atomic E-state index is 12.6. The minimum Gasteiger partial charge on any atom is -0.481 e. The number of carbonyl (C=O) groups is 3. The molecular formula is C20H23NO5. The van der Waals surface area contributed by atoms with Crippen molar-refractivity contribution in [1.29, 1.82) is 0 Å². The summed E-state index contributed by atoms with van der Waals surface area (Å²) in [6, 6.07) is 6.44. The summed E-state index contributed by atoms with van der Waals surface area (Å²) >= 11 is 0. The molecule has 0 aliphatic heterocycles. The highest BCUT2D eigenvalue weighted by Crippen LogP contribution is 2.48. The number of hydrogen-bond donors (Lipinski definition) is 2. The Hall–Kier alpha value is -2.63. The number of rotatable bonds is 6. The fourth-order valence-electron chi connectivity index (χ4n) is 3.76. The van der Waals surface area contributed by atoms with Crippen LogP contribution >= 0.6 is 0 Å². The molecule has 0 saturated heterocycles. The Balaban J connectivity index is 1.64. The first-order valence-corrected chi connectivity index (χ1v) is 8.86. The number of ether oxygens (including phenoxy) is 1. The van der Waals surface area contributed by atoms with Crippen LogP contribution < -0.4 is 5.32 Å². The SMILES string of the molecule is CC(C)COC(=O)c1ccc(NC(=O)[C@H]2[C@H](C(=O)O)[C@H]3C=C[C@H]2C3)cc1. The molecule has 3 rings (SSSR count). The quantitative estimate of drug-likeness (QED) is 0.603. The molecule has 0 unspecified atom stereocenters. The Morgan fingerprint density at radius 1 is 1.12 bits per heavy atom. The molecule has 1 saturated carbocycles. The summed E-state index contributed by atoms with van der Waals surface area (Å²) in [5.41, 5.74) is 0.946. The van der Waals surface area contributed by atoms with Gasteiger partial charge in [0.15, 0.2) is 0 Å². The molecule has 0 spiro atoms. The maximum Gasteiger partial charge on any atom is 0.338 e. The molecule has 4 atom stereocenters. The minimum absolute atomic E-state index is 0.0219. The smallest absolute Gasteiger partial charge is 0.338 e. The van der Waals surface area contributed by atoms with E-state index in [1.807, 2.05) is 26.0 Å². The van der Waals surface area contributed by atoms with Gasteiger partial charge in [-0.3, -0.25) is 9.59 Å². The van der Waals surface area contributed by atoms with E-state index in [1.54, 1.807) is 24.3 Å². The zero-order valence-electron chi connectivity index (χ0n) is 14.8. The number of amides is 1. The van der Waals surface area contributed by atoms with Crippen molar-refractivity contribution >= 4 is 23.5 Å². The fourth-order valence-corrected chi connectivity index (χ4v) is 3.76. The molecule has 2 N–H and O–H groups in total. The van der Waals surface area contributed by atoms with E-state index < -0.39 is 23.8 Å². The van der Waals surface area contributed by atoms with Gasteiger partial charge >= 0.3 is 11.9 Å². The highest BCUT2D eigenvalue weighted by atomic mass is 16.5. The Bertz CT molecular complexity index is 737. The first kappa shape index (κ1) is 18.2. The van der Waals surface area contributed by atoms with Gasteiger partial charge in [-0.15, -0.1) is 0 Å². The third-order valence-electron chi connectivity index (χ3n) is 4.98. The standard InChI is InChI=1S/C20H23NO5/c1-11(2)10-26-20(25)12-5-7-15(8-6-12)21-18(22)16-13-3-4-14(9-13)17(16)19(23)24/h3-8,11,13-14,16-17H,9-10H2,1-2H3,(H,21,22)(H,23,24)/t13-,14-,16+,17+/m0/s1. The van der Waals surface area contributed by atoms with Crippen LogP contribution in [0.25, 0.3) is 0 Å². The largest absolute Gasteiger partial charge is 0.481 e. The number of allylic oxidation sites excluding steroid dienone is 2. The van der Waals surface area contributed by atoms with E-state index in [0.29, 0.717) is 17.9 Å². The number of carboxylic acid groups (broad SMARTS) is 1. The molecule has 0 heterocycles. The lowest BCUT2D eigenvalue weighted by Gasteiger charge is -2.23. The molecule has 0 radical (unpaired) electrons. The summed E-state index contributed by atoms with van der Waals surface area (Å²) < 4.78 is 5.17. The van der Waals surface area contributed by atoms with Gasteiger partial charge in [-0.05, 0) is 48.4 Å². The van der Waals surface area contributed by atoms with Gasteiger partial charge in [-0.1, -0.05) is 26.0 Å². The molecule has 6 heteroatoms. The van der Waals surface area contributed by atoms with E-state index in [0.717, 1.165) is 6.42 Å². The average Bonchev–Trinajstić information content (AvgIpc) is 3.21. The van der Waals surface area contributed by atoms with Crippen LogP contribution in [-0.4, -0.2) is 29.6 Å². The van der Waals surface area contributed by atoms with Gasteiger partial charge in [0.2, 0.25) is 5.91 Å². The van der Waals surface area contributed by atoms with Crippen LogP contribution in [0.4, 0.5) is 5.69 Å². The topological polar surface area (TPSA) is 92.7 Å². The van der Waals surface area contributed by atoms with Gasteiger partial charge < -0.3 is 15.2 Å². The molecule has 1 amide bonds. The van der Waals surface area contributed by atoms with Crippen molar-refractivity contribution in [2.75, 3.05) is 11.9 Å². The predicted octanol–water partition coefficient (Wildman–Crippen LogP) is 2.96. The maximum absolute atomic E-state index is 12.6. The molecule has 2 bridgehead atoms. The predicted molar refractivity (Wildman–Crippen MR) is 95.5 cm³/mol. The van der Waals surface area contributed by atoms with Crippen molar-refractivity contribution in [3.63, 3.8) is 0 Å². The van der Waals surface area contributed by atoms with Gasteiger partial charge in [0.1, 0.15) is 0 Å². The molecule has 1 aromatic carbocycles. The van der Waals surface area contributed by atoms with Gasteiger partial charge in [0.25, 0.3) is 0 Å². The highest BCUT2D eigenvalue weighted by Gasteiger charge is 2.51. The summed E-state index contributed by atoms with van der Waals surface area (Å²) in [7, 11) is 0.